The van der Waals surface area contributed by atoms with Gasteiger partial charge in [0.25, 0.3) is 17.5 Å². The second kappa shape index (κ2) is 8.47. The Labute approximate surface area is 185 Å². The fraction of sp³-hybridized carbons (Fsp3) is 0.120. The Morgan fingerprint density at radius 3 is 2.22 bits per heavy atom. The third-order valence-corrected chi connectivity index (χ3v) is 5.58. The van der Waals surface area contributed by atoms with E-state index >= 15 is 0 Å². The van der Waals surface area contributed by atoms with Crippen LogP contribution in [0.1, 0.15) is 22.3 Å². The van der Waals surface area contributed by atoms with Crippen molar-refractivity contribution in [1.82, 2.24) is 4.90 Å². The highest BCUT2D eigenvalue weighted by molar-refractivity contribution is 6.36. The number of benzene rings is 3. The van der Waals surface area contributed by atoms with Crippen LogP contribution in [0.25, 0.3) is 5.57 Å². The minimum atomic E-state index is -0.503. The molecule has 1 N–H and O–H groups in total. The highest BCUT2D eigenvalue weighted by atomic mass is 16.6. The zero-order valence-corrected chi connectivity index (χ0v) is 17.7. The van der Waals surface area contributed by atoms with Crippen molar-refractivity contribution in [2.45, 2.75) is 20.4 Å². The predicted octanol–water partition coefficient (Wildman–Crippen LogP) is 4.60. The lowest BCUT2D eigenvalue weighted by Crippen LogP contribution is -2.32. The molecule has 4 rings (SSSR count). The Morgan fingerprint density at radius 2 is 1.56 bits per heavy atom. The van der Waals surface area contributed by atoms with E-state index in [1.807, 2.05) is 62.4 Å². The van der Waals surface area contributed by atoms with Gasteiger partial charge in [-0.2, -0.15) is 0 Å². The van der Waals surface area contributed by atoms with Gasteiger partial charge in [-0.3, -0.25) is 24.6 Å². The highest BCUT2D eigenvalue weighted by Crippen LogP contribution is 2.33. The SMILES string of the molecule is Cc1cccc(NC2=C(c3ccc([N+](=O)[O-])cc3)C(=O)N(Cc3ccccc3)C2=O)c1C. The fourth-order valence-corrected chi connectivity index (χ4v) is 3.64. The van der Waals surface area contributed by atoms with E-state index in [1.165, 1.54) is 29.2 Å². The minimum Gasteiger partial charge on any atom is -0.350 e. The normalized spacial score (nSPS) is 13.6. The van der Waals surface area contributed by atoms with Crippen LogP contribution in [0, 0.1) is 24.0 Å². The number of carbonyl (C=O) groups is 2. The maximum absolute atomic E-state index is 13.4. The highest BCUT2D eigenvalue weighted by Gasteiger charge is 2.39. The molecule has 160 valence electrons. The molecule has 0 saturated carbocycles. The molecule has 1 aliphatic heterocycles. The average molecular weight is 427 g/mol. The summed E-state index contributed by atoms with van der Waals surface area (Å²) in [7, 11) is 0. The summed E-state index contributed by atoms with van der Waals surface area (Å²) in [6, 6.07) is 20.6. The van der Waals surface area contributed by atoms with Crippen molar-refractivity contribution < 1.29 is 14.5 Å². The first-order valence-electron chi connectivity index (χ1n) is 10.1. The monoisotopic (exact) mass is 427 g/mol. The number of rotatable bonds is 6. The van der Waals surface area contributed by atoms with Gasteiger partial charge < -0.3 is 5.32 Å². The molecule has 7 heteroatoms. The van der Waals surface area contributed by atoms with E-state index in [2.05, 4.69) is 5.32 Å². The van der Waals surface area contributed by atoms with Crippen LogP contribution in [0.5, 0.6) is 0 Å². The molecule has 7 nitrogen and oxygen atoms in total. The molecule has 0 fully saturated rings. The topological polar surface area (TPSA) is 92.6 Å². The first kappa shape index (κ1) is 21.0. The molecule has 0 radical (unpaired) electrons. The summed E-state index contributed by atoms with van der Waals surface area (Å²) in [5.74, 6) is -0.881. The summed E-state index contributed by atoms with van der Waals surface area (Å²) < 4.78 is 0. The van der Waals surface area contributed by atoms with Crippen molar-refractivity contribution in [2.75, 3.05) is 5.32 Å². The fourth-order valence-electron chi connectivity index (χ4n) is 3.64. The van der Waals surface area contributed by atoms with Crippen molar-refractivity contribution >= 4 is 28.8 Å². The molecule has 0 aliphatic carbocycles. The van der Waals surface area contributed by atoms with Gasteiger partial charge in [-0.15, -0.1) is 0 Å². The molecule has 3 aromatic rings. The number of nitro groups is 1. The number of nitro benzene ring substituents is 1. The van der Waals surface area contributed by atoms with Gasteiger partial charge in [-0.25, -0.2) is 0 Å². The van der Waals surface area contributed by atoms with Gasteiger partial charge in [-0.05, 0) is 54.3 Å². The van der Waals surface area contributed by atoms with E-state index in [0.29, 0.717) is 5.56 Å². The first-order chi connectivity index (χ1) is 15.4. The van der Waals surface area contributed by atoms with Gasteiger partial charge in [-0.1, -0.05) is 42.5 Å². The number of aryl methyl sites for hydroxylation is 1. The molecule has 3 aromatic carbocycles. The summed E-state index contributed by atoms with van der Waals surface area (Å²) >= 11 is 0. The van der Waals surface area contributed by atoms with E-state index < -0.39 is 16.7 Å². The molecule has 0 unspecified atom stereocenters. The van der Waals surface area contributed by atoms with Crippen LogP contribution in [-0.2, 0) is 16.1 Å². The first-order valence-corrected chi connectivity index (χ1v) is 10.1. The van der Waals surface area contributed by atoms with Crippen LogP contribution in [0.2, 0.25) is 0 Å². The van der Waals surface area contributed by atoms with Crippen molar-refractivity contribution in [2.24, 2.45) is 0 Å². The number of imide groups is 1. The van der Waals surface area contributed by atoms with Gasteiger partial charge in [0.1, 0.15) is 5.70 Å². The lowest BCUT2D eigenvalue weighted by molar-refractivity contribution is -0.384. The lowest BCUT2D eigenvalue weighted by atomic mass is 10.0. The van der Waals surface area contributed by atoms with Gasteiger partial charge >= 0.3 is 0 Å². The smallest absolute Gasteiger partial charge is 0.278 e. The summed E-state index contributed by atoms with van der Waals surface area (Å²) in [5, 5.41) is 14.2. The Kier molecular flexibility index (Phi) is 5.55. The third-order valence-electron chi connectivity index (χ3n) is 5.58. The number of nitrogens with zero attached hydrogens (tertiary/aromatic N) is 2. The lowest BCUT2D eigenvalue weighted by Gasteiger charge is -2.16. The van der Waals surface area contributed by atoms with Crippen LogP contribution in [0.4, 0.5) is 11.4 Å². The number of amides is 2. The Balaban J connectivity index is 1.78. The number of hydrogen-bond acceptors (Lipinski definition) is 5. The molecular weight excluding hydrogens is 406 g/mol. The van der Waals surface area contributed by atoms with E-state index in [9.17, 15) is 19.7 Å². The van der Waals surface area contributed by atoms with Gasteiger partial charge in [0, 0.05) is 17.8 Å². The van der Waals surface area contributed by atoms with E-state index in [1.54, 1.807) is 0 Å². The molecular formula is C25H21N3O4. The molecule has 1 aliphatic rings. The Bertz CT molecular complexity index is 1250. The number of anilines is 1. The van der Waals surface area contributed by atoms with E-state index in [-0.39, 0.29) is 23.5 Å². The average Bonchev–Trinajstić information content (AvgIpc) is 3.02. The van der Waals surface area contributed by atoms with Crippen molar-refractivity contribution in [3.63, 3.8) is 0 Å². The quantitative estimate of drug-likeness (QED) is 0.352. The summed E-state index contributed by atoms with van der Waals surface area (Å²) in [6.07, 6.45) is 0. The maximum atomic E-state index is 13.4. The second-order valence-corrected chi connectivity index (χ2v) is 7.61. The molecule has 0 bridgehead atoms. The van der Waals surface area contributed by atoms with Crippen molar-refractivity contribution in [3.8, 4) is 0 Å². The zero-order valence-electron chi connectivity index (χ0n) is 17.7. The number of nitrogens with one attached hydrogen (secondary N) is 1. The van der Waals surface area contributed by atoms with Gasteiger partial charge in [0.05, 0.1) is 17.0 Å². The van der Waals surface area contributed by atoms with Crippen LogP contribution >= 0.6 is 0 Å². The molecule has 0 spiro atoms. The largest absolute Gasteiger partial charge is 0.350 e. The van der Waals surface area contributed by atoms with E-state index in [4.69, 9.17) is 0 Å². The molecule has 1 heterocycles. The number of non-ortho nitro benzene ring substituents is 1. The van der Waals surface area contributed by atoms with Crippen molar-refractivity contribution in [1.29, 1.82) is 0 Å². The van der Waals surface area contributed by atoms with Crippen LogP contribution in [0.15, 0.2) is 78.5 Å². The standard InChI is InChI=1S/C25H21N3O4/c1-16-7-6-10-21(17(16)2)26-23-22(19-11-13-20(14-12-19)28(31)32)24(29)27(25(23)30)15-18-8-4-3-5-9-18/h3-14,26H,15H2,1-2H3. The predicted molar refractivity (Wildman–Crippen MR) is 122 cm³/mol. The third kappa shape index (κ3) is 3.88. The number of hydrogen-bond donors (Lipinski definition) is 1. The molecule has 2 amide bonds. The summed E-state index contributed by atoms with van der Waals surface area (Å²) in [5.41, 5.74) is 4.27. The summed E-state index contributed by atoms with van der Waals surface area (Å²) in [6.45, 7) is 4.04. The Morgan fingerprint density at radius 1 is 0.875 bits per heavy atom. The molecule has 32 heavy (non-hydrogen) atoms. The van der Waals surface area contributed by atoms with Crippen LogP contribution < -0.4 is 5.32 Å². The minimum absolute atomic E-state index is 0.0868. The van der Waals surface area contributed by atoms with Crippen LogP contribution in [-0.4, -0.2) is 21.6 Å². The second-order valence-electron chi connectivity index (χ2n) is 7.61. The number of carbonyl (C=O) groups excluding carboxylic acids is 2. The van der Waals surface area contributed by atoms with Crippen molar-refractivity contribution in [3.05, 3.63) is 111 Å². The molecule has 0 aromatic heterocycles. The Hall–Kier alpha value is -4.26. The van der Waals surface area contributed by atoms with Gasteiger partial charge in [0.15, 0.2) is 0 Å². The van der Waals surface area contributed by atoms with Gasteiger partial charge in [0.2, 0.25) is 0 Å². The maximum Gasteiger partial charge on any atom is 0.278 e. The zero-order chi connectivity index (χ0) is 22.8. The summed E-state index contributed by atoms with van der Waals surface area (Å²) in [4.78, 5) is 38.4. The molecule has 0 saturated heterocycles. The van der Waals surface area contributed by atoms with Crippen LogP contribution in [0.3, 0.4) is 0 Å². The van der Waals surface area contributed by atoms with E-state index in [0.717, 1.165) is 22.4 Å². The molecule has 0 atom stereocenters.